The van der Waals surface area contributed by atoms with E-state index in [9.17, 15) is 19.1 Å². The van der Waals surface area contributed by atoms with Gasteiger partial charge in [0.2, 0.25) is 0 Å². The summed E-state index contributed by atoms with van der Waals surface area (Å²) in [7, 11) is 0. The molecular weight excluding hydrogens is 385 g/mol. The van der Waals surface area contributed by atoms with Crippen LogP contribution in [0.25, 0.3) is 0 Å². The van der Waals surface area contributed by atoms with Gasteiger partial charge in [0.25, 0.3) is 5.91 Å². The van der Waals surface area contributed by atoms with Crippen molar-refractivity contribution in [2.45, 2.75) is 25.4 Å². The maximum atomic E-state index is 13.2. The molecule has 0 bridgehead atoms. The van der Waals surface area contributed by atoms with Gasteiger partial charge in [-0.1, -0.05) is 42.5 Å². The molecule has 3 aromatic rings. The molecule has 1 unspecified atom stereocenters. The van der Waals surface area contributed by atoms with Crippen LogP contribution < -0.4 is 0 Å². The Kier molecular flexibility index (Phi) is 5.48. The largest absolute Gasteiger partial charge is 0.503 e. The van der Waals surface area contributed by atoms with Crippen molar-refractivity contribution in [3.63, 3.8) is 0 Å². The van der Waals surface area contributed by atoms with Gasteiger partial charge in [0.15, 0.2) is 11.5 Å². The van der Waals surface area contributed by atoms with Gasteiger partial charge in [-0.05, 0) is 41.8 Å². The van der Waals surface area contributed by atoms with Crippen LogP contribution in [0.3, 0.4) is 0 Å². The number of ketones is 1. The number of carbonyl (C=O) groups is 2. The van der Waals surface area contributed by atoms with Crippen LogP contribution in [0.1, 0.15) is 29.3 Å². The fourth-order valence-electron chi connectivity index (χ4n) is 3.67. The molecule has 0 fully saturated rings. The quantitative estimate of drug-likeness (QED) is 0.628. The summed E-state index contributed by atoms with van der Waals surface area (Å²) < 4.78 is 18.7. The number of halogens is 1. The van der Waals surface area contributed by atoms with Gasteiger partial charge in [-0.3, -0.25) is 9.59 Å². The maximum Gasteiger partial charge on any atom is 0.290 e. The highest BCUT2D eigenvalue weighted by molar-refractivity contribution is 6.08. The molecule has 1 aromatic heterocycles. The lowest BCUT2D eigenvalue weighted by molar-refractivity contribution is -0.130. The van der Waals surface area contributed by atoms with E-state index < -0.39 is 17.7 Å². The van der Waals surface area contributed by atoms with Crippen LogP contribution in [0.15, 0.2) is 88.7 Å². The number of amides is 1. The molecule has 0 saturated carbocycles. The van der Waals surface area contributed by atoms with Gasteiger partial charge in [0, 0.05) is 13.0 Å². The molecule has 1 N–H and O–H groups in total. The lowest BCUT2D eigenvalue weighted by atomic mass is 9.96. The first-order chi connectivity index (χ1) is 14.5. The van der Waals surface area contributed by atoms with Crippen LogP contribution in [0, 0.1) is 5.82 Å². The first-order valence-electron chi connectivity index (χ1n) is 9.63. The van der Waals surface area contributed by atoms with E-state index in [4.69, 9.17) is 4.42 Å². The van der Waals surface area contributed by atoms with Crippen LogP contribution in [0.5, 0.6) is 0 Å². The molecule has 4 rings (SSSR count). The Morgan fingerprint density at radius 1 is 1.00 bits per heavy atom. The van der Waals surface area contributed by atoms with Gasteiger partial charge in [-0.15, -0.1) is 0 Å². The second-order valence-corrected chi connectivity index (χ2v) is 7.15. The van der Waals surface area contributed by atoms with E-state index in [1.54, 1.807) is 24.3 Å². The normalized spacial score (nSPS) is 16.4. The van der Waals surface area contributed by atoms with Crippen molar-refractivity contribution < 1.29 is 23.5 Å². The van der Waals surface area contributed by atoms with Crippen molar-refractivity contribution in [1.82, 2.24) is 4.90 Å². The number of aliphatic hydroxyl groups excluding tert-OH is 1. The summed E-state index contributed by atoms with van der Waals surface area (Å²) in [5.41, 5.74) is 1.70. The molecule has 6 heteroatoms. The Morgan fingerprint density at radius 2 is 1.73 bits per heavy atom. The Balaban J connectivity index is 1.61. The molecule has 2 aromatic carbocycles. The minimum Gasteiger partial charge on any atom is -0.503 e. The van der Waals surface area contributed by atoms with E-state index >= 15 is 0 Å². The number of nitrogens with zero attached hydrogens (tertiary/aromatic N) is 1. The van der Waals surface area contributed by atoms with E-state index in [0.717, 1.165) is 5.56 Å². The Morgan fingerprint density at radius 3 is 2.40 bits per heavy atom. The minimum atomic E-state index is -0.833. The van der Waals surface area contributed by atoms with Crippen LogP contribution in [-0.2, 0) is 22.6 Å². The number of rotatable bonds is 7. The standard InChI is InChI=1S/C24H20FNO4/c25-18-11-8-17(9-12-18)15-26-22(20-7-4-14-30-20)21(23(28)24(26)29)19(27)13-10-16-5-2-1-3-6-16/h1-9,11-12,14,22,28H,10,13,15H2. The Hall–Kier alpha value is -3.67. The molecule has 1 atom stereocenters. The van der Waals surface area contributed by atoms with E-state index in [2.05, 4.69) is 0 Å². The van der Waals surface area contributed by atoms with Crippen molar-refractivity contribution in [2.24, 2.45) is 0 Å². The lowest BCUT2D eigenvalue weighted by Gasteiger charge is -2.25. The van der Waals surface area contributed by atoms with E-state index in [1.165, 1.54) is 23.3 Å². The molecule has 0 radical (unpaired) electrons. The average Bonchev–Trinajstić information content (AvgIpc) is 3.37. The number of benzene rings is 2. The maximum absolute atomic E-state index is 13.2. The molecule has 1 amide bonds. The van der Waals surface area contributed by atoms with Crippen LogP contribution in [0.2, 0.25) is 0 Å². The summed E-state index contributed by atoms with van der Waals surface area (Å²) in [6.45, 7) is 0.101. The smallest absolute Gasteiger partial charge is 0.290 e. The number of furan rings is 1. The van der Waals surface area contributed by atoms with Gasteiger partial charge in [0.1, 0.15) is 17.6 Å². The van der Waals surface area contributed by atoms with Gasteiger partial charge in [0.05, 0.1) is 11.8 Å². The molecule has 1 aliphatic heterocycles. The second kappa shape index (κ2) is 8.37. The number of aryl methyl sites for hydroxylation is 1. The third-order valence-electron chi connectivity index (χ3n) is 5.17. The van der Waals surface area contributed by atoms with Gasteiger partial charge in [-0.2, -0.15) is 0 Å². The van der Waals surface area contributed by atoms with Crippen LogP contribution >= 0.6 is 0 Å². The number of hydrogen-bond acceptors (Lipinski definition) is 4. The first-order valence-corrected chi connectivity index (χ1v) is 9.63. The molecule has 1 aliphatic rings. The zero-order chi connectivity index (χ0) is 21.1. The third kappa shape index (κ3) is 3.89. The molecule has 0 aliphatic carbocycles. The zero-order valence-corrected chi connectivity index (χ0v) is 16.1. The predicted octanol–water partition coefficient (Wildman–Crippen LogP) is 4.52. The zero-order valence-electron chi connectivity index (χ0n) is 16.1. The molecule has 0 spiro atoms. The molecule has 5 nitrogen and oxygen atoms in total. The monoisotopic (exact) mass is 405 g/mol. The number of Topliss-reactive ketones (excluding diaryl/α,β-unsaturated/α-hetero) is 1. The summed E-state index contributed by atoms with van der Waals surface area (Å²) in [5, 5.41) is 10.6. The summed E-state index contributed by atoms with van der Waals surface area (Å²) in [5.74, 6) is -1.52. The van der Waals surface area contributed by atoms with E-state index in [0.29, 0.717) is 17.7 Å². The van der Waals surface area contributed by atoms with Gasteiger partial charge >= 0.3 is 0 Å². The van der Waals surface area contributed by atoms with Crippen molar-refractivity contribution in [1.29, 1.82) is 0 Å². The van der Waals surface area contributed by atoms with Crippen LogP contribution in [-0.4, -0.2) is 21.7 Å². The van der Waals surface area contributed by atoms with Crippen molar-refractivity contribution in [3.05, 3.63) is 107 Å². The average molecular weight is 405 g/mol. The second-order valence-electron chi connectivity index (χ2n) is 7.15. The predicted molar refractivity (Wildman–Crippen MR) is 108 cm³/mol. The number of aliphatic hydroxyl groups is 1. The van der Waals surface area contributed by atoms with Crippen molar-refractivity contribution in [3.8, 4) is 0 Å². The van der Waals surface area contributed by atoms with E-state index in [-0.39, 0.29) is 30.1 Å². The van der Waals surface area contributed by atoms with Crippen molar-refractivity contribution in [2.75, 3.05) is 0 Å². The summed E-state index contributed by atoms with van der Waals surface area (Å²) in [6.07, 6.45) is 2.10. The molecule has 30 heavy (non-hydrogen) atoms. The molecular formula is C24H20FNO4. The minimum absolute atomic E-state index is 0.0352. The highest BCUT2D eigenvalue weighted by Gasteiger charge is 2.44. The summed E-state index contributed by atoms with van der Waals surface area (Å²) >= 11 is 0. The third-order valence-corrected chi connectivity index (χ3v) is 5.17. The van der Waals surface area contributed by atoms with Crippen molar-refractivity contribution >= 4 is 11.7 Å². The Labute approximate surface area is 173 Å². The topological polar surface area (TPSA) is 70.8 Å². The number of hydrogen-bond donors (Lipinski definition) is 1. The molecule has 0 saturated heterocycles. The fraction of sp³-hybridized carbons (Fsp3) is 0.167. The summed E-state index contributed by atoms with van der Waals surface area (Å²) in [4.78, 5) is 27.2. The van der Waals surface area contributed by atoms with Gasteiger partial charge < -0.3 is 14.4 Å². The Bertz CT molecular complexity index is 1070. The highest BCUT2D eigenvalue weighted by Crippen LogP contribution is 2.39. The summed E-state index contributed by atoms with van der Waals surface area (Å²) in [6, 6.07) is 17.8. The highest BCUT2D eigenvalue weighted by atomic mass is 19.1. The van der Waals surface area contributed by atoms with E-state index in [1.807, 2.05) is 30.3 Å². The fourth-order valence-corrected chi connectivity index (χ4v) is 3.67. The first kappa shape index (κ1) is 19.6. The number of carbonyl (C=O) groups excluding carboxylic acids is 2. The lowest BCUT2D eigenvalue weighted by Crippen LogP contribution is -2.30. The van der Waals surface area contributed by atoms with Gasteiger partial charge in [-0.25, -0.2) is 4.39 Å². The molecule has 2 heterocycles. The SMILES string of the molecule is O=C(CCc1ccccc1)C1=C(O)C(=O)N(Cc2ccc(F)cc2)C1c1ccco1. The van der Waals surface area contributed by atoms with Crippen LogP contribution in [0.4, 0.5) is 4.39 Å². The molecule has 152 valence electrons.